The Morgan fingerprint density at radius 1 is 1.12 bits per heavy atom. The maximum Gasteiger partial charge on any atom is 0.254 e. The van der Waals surface area contributed by atoms with Gasteiger partial charge in [-0.2, -0.15) is 0 Å². The normalized spacial score (nSPS) is 14.6. The van der Waals surface area contributed by atoms with Crippen molar-refractivity contribution in [2.75, 3.05) is 47.5 Å². The molecular formula is C18H29ClN2O4. The Morgan fingerprint density at radius 3 is 2.12 bits per heavy atom. The van der Waals surface area contributed by atoms with Crippen LogP contribution in [0.15, 0.2) is 12.1 Å². The van der Waals surface area contributed by atoms with Gasteiger partial charge >= 0.3 is 0 Å². The van der Waals surface area contributed by atoms with E-state index in [0.717, 1.165) is 39.0 Å². The largest absolute Gasteiger partial charge is 0.493 e. The van der Waals surface area contributed by atoms with Crippen molar-refractivity contribution in [1.82, 2.24) is 10.2 Å². The average Bonchev–Trinajstić information content (AvgIpc) is 2.64. The standard InChI is InChI=1S/C18H28N2O4.ClH/c1-5-19-12-13-6-8-20(9-7-13)18(21)14-10-15(22-2)17(24-4)16(11-14)23-3;/h10-11,13,19H,5-9,12H2,1-4H3;1H. The zero-order chi connectivity index (χ0) is 17.5. The van der Waals surface area contributed by atoms with Crippen molar-refractivity contribution >= 4 is 18.3 Å². The molecule has 0 bridgehead atoms. The van der Waals surface area contributed by atoms with Gasteiger partial charge in [-0.1, -0.05) is 6.92 Å². The fraction of sp³-hybridized carbons (Fsp3) is 0.611. The number of ether oxygens (including phenoxy) is 3. The summed E-state index contributed by atoms with van der Waals surface area (Å²) in [6, 6.07) is 3.43. The van der Waals surface area contributed by atoms with Crippen LogP contribution in [0.2, 0.25) is 0 Å². The number of hydrogen-bond donors (Lipinski definition) is 1. The molecule has 0 radical (unpaired) electrons. The molecule has 2 rings (SSSR count). The summed E-state index contributed by atoms with van der Waals surface area (Å²) < 4.78 is 16.0. The molecule has 0 saturated carbocycles. The topological polar surface area (TPSA) is 60.0 Å². The number of nitrogens with zero attached hydrogens (tertiary/aromatic N) is 1. The smallest absolute Gasteiger partial charge is 0.254 e. The van der Waals surface area contributed by atoms with Crippen LogP contribution in [0, 0.1) is 5.92 Å². The van der Waals surface area contributed by atoms with E-state index in [0.29, 0.717) is 28.7 Å². The third kappa shape index (κ3) is 5.16. The first-order valence-corrected chi connectivity index (χ1v) is 8.44. The second-order valence-electron chi connectivity index (χ2n) is 5.96. The zero-order valence-electron chi connectivity index (χ0n) is 15.5. The van der Waals surface area contributed by atoms with E-state index in [1.54, 1.807) is 33.5 Å². The van der Waals surface area contributed by atoms with Gasteiger partial charge in [0.25, 0.3) is 5.91 Å². The molecule has 0 aromatic heterocycles. The number of carbonyl (C=O) groups excluding carboxylic acids is 1. The third-order valence-electron chi connectivity index (χ3n) is 4.50. The summed E-state index contributed by atoms with van der Waals surface area (Å²) in [6.45, 7) is 5.70. The van der Waals surface area contributed by atoms with E-state index < -0.39 is 0 Å². The Morgan fingerprint density at radius 2 is 1.68 bits per heavy atom. The molecule has 0 aliphatic carbocycles. The summed E-state index contributed by atoms with van der Waals surface area (Å²) in [7, 11) is 4.66. The van der Waals surface area contributed by atoms with Crippen LogP contribution in [0.5, 0.6) is 17.2 Å². The molecule has 1 saturated heterocycles. The number of rotatable bonds is 7. The third-order valence-corrected chi connectivity index (χ3v) is 4.50. The first-order valence-electron chi connectivity index (χ1n) is 8.44. The van der Waals surface area contributed by atoms with E-state index in [1.807, 2.05) is 4.90 Å². The van der Waals surface area contributed by atoms with Crippen LogP contribution in [0.3, 0.4) is 0 Å². The zero-order valence-corrected chi connectivity index (χ0v) is 16.3. The summed E-state index contributed by atoms with van der Waals surface area (Å²) in [5.74, 6) is 2.16. The molecule has 1 amide bonds. The van der Waals surface area contributed by atoms with E-state index in [9.17, 15) is 4.79 Å². The molecule has 0 atom stereocenters. The fourth-order valence-electron chi connectivity index (χ4n) is 3.08. The lowest BCUT2D eigenvalue weighted by Crippen LogP contribution is -2.40. The minimum absolute atomic E-state index is 0. The van der Waals surface area contributed by atoms with Gasteiger partial charge in [-0.05, 0) is 44.0 Å². The lowest BCUT2D eigenvalue weighted by atomic mass is 9.96. The van der Waals surface area contributed by atoms with Gasteiger partial charge in [0.1, 0.15) is 0 Å². The number of benzene rings is 1. The number of hydrogen-bond acceptors (Lipinski definition) is 5. The number of carbonyl (C=O) groups is 1. The highest BCUT2D eigenvalue weighted by molar-refractivity contribution is 5.95. The van der Waals surface area contributed by atoms with Crippen LogP contribution in [-0.2, 0) is 0 Å². The Hall–Kier alpha value is -1.66. The first kappa shape index (κ1) is 21.4. The maximum absolute atomic E-state index is 12.8. The van der Waals surface area contributed by atoms with Crippen molar-refractivity contribution in [2.24, 2.45) is 5.92 Å². The molecule has 1 aromatic carbocycles. The van der Waals surface area contributed by atoms with E-state index in [2.05, 4.69) is 12.2 Å². The second kappa shape index (κ2) is 10.4. The van der Waals surface area contributed by atoms with Crippen LogP contribution in [-0.4, -0.2) is 58.3 Å². The van der Waals surface area contributed by atoms with Crippen molar-refractivity contribution in [1.29, 1.82) is 0 Å². The number of likely N-dealkylation sites (tertiary alicyclic amines) is 1. The predicted molar refractivity (Wildman–Crippen MR) is 101 cm³/mol. The summed E-state index contributed by atoms with van der Waals surface area (Å²) in [4.78, 5) is 14.7. The van der Waals surface area contributed by atoms with Gasteiger partial charge < -0.3 is 24.4 Å². The number of piperidine rings is 1. The number of amides is 1. The minimum atomic E-state index is 0. The summed E-state index contributed by atoms with van der Waals surface area (Å²) in [6.07, 6.45) is 2.06. The molecule has 1 aromatic rings. The molecule has 1 aliphatic heterocycles. The van der Waals surface area contributed by atoms with E-state index in [-0.39, 0.29) is 18.3 Å². The van der Waals surface area contributed by atoms with Crippen molar-refractivity contribution in [3.05, 3.63) is 17.7 Å². The molecule has 25 heavy (non-hydrogen) atoms. The second-order valence-corrected chi connectivity index (χ2v) is 5.96. The molecule has 142 valence electrons. The van der Waals surface area contributed by atoms with Crippen LogP contribution in [0.1, 0.15) is 30.1 Å². The lowest BCUT2D eigenvalue weighted by molar-refractivity contribution is 0.0689. The SMILES string of the molecule is CCNCC1CCN(C(=O)c2cc(OC)c(OC)c(OC)c2)CC1.Cl. The summed E-state index contributed by atoms with van der Waals surface area (Å²) in [5.41, 5.74) is 0.564. The van der Waals surface area contributed by atoms with Gasteiger partial charge in [0.2, 0.25) is 5.75 Å². The maximum atomic E-state index is 12.8. The van der Waals surface area contributed by atoms with Crippen molar-refractivity contribution in [3.63, 3.8) is 0 Å². The minimum Gasteiger partial charge on any atom is -0.493 e. The van der Waals surface area contributed by atoms with Gasteiger partial charge in [0, 0.05) is 18.7 Å². The lowest BCUT2D eigenvalue weighted by Gasteiger charge is -2.32. The molecule has 6 nitrogen and oxygen atoms in total. The number of methoxy groups -OCH3 is 3. The van der Waals surface area contributed by atoms with Crippen LogP contribution < -0.4 is 19.5 Å². The van der Waals surface area contributed by atoms with Gasteiger partial charge in [0.05, 0.1) is 21.3 Å². The Balaban J connectivity index is 0.00000312. The van der Waals surface area contributed by atoms with Gasteiger partial charge in [0.15, 0.2) is 11.5 Å². The van der Waals surface area contributed by atoms with Gasteiger partial charge in [-0.25, -0.2) is 0 Å². The van der Waals surface area contributed by atoms with Crippen molar-refractivity contribution in [3.8, 4) is 17.2 Å². The molecule has 1 fully saturated rings. The molecule has 1 heterocycles. The van der Waals surface area contributed by atoms with Crippen LogP contribution in [0.25, 0.3) is 0 Å². The molecule has 0 spiro atoms. The highest BCUT2D eigenvalue weighted by atomic mass is 35.5. The van der Waals surface area contributed by atoms with E-state index >= 15 is 0 Å². The van der Waals surface area contributed by atoms with E-state index in [4.69, 9.17) is 14.2 Å². The molecule has 7 heteroatoms. The Bertz CT molecular complexity index is 535. The molecule has 0 unspecified atom stereocenters. The van der Waals surface area contributed by atoms with E-state index in [1.165, 1.54) is 0 Å². The highest BCUT2D eigenvalue weighted by Crippen LogP contribution is 2.38. The predicted octanol–water partition coefficient (Wildman–Crippen LogP) is 2.60. The number of halogens is 1. The monoisotopic (exact) mass is 372 g/mol. The quantitative estimate of drug-likeness (QED) is 0.797. The summed E-state index contributed by atoms with van der Waals surface area (Å²) in [5, 5.41) is 3.39. The van der Waals surface area contributed by atoms with Gasteiger partial charge in [-0.3, -0.25) is 4.79 Å². The van der Waals surface area contributed by atoms with Gasteiger partial charge in [-0.15, -0.1) is 12.4 Å². The first-order chi connectivity index (χ1) is 11.6. The number of nitrogens with one attached hydrogen (secondary N) is 1. The molecular weight excluding hydrogens is 344 g/mol. The fourth-order valence-corrected chi connectivity index (χ4v) is 3.08. The van der Waals surface area contributed by atoms with Crippen molar-refractivity contribution < 1.29 is 19.0 Å². The Kier molecular flexibility index (Phi) is 8.86. The van der Waals surface area contributed by atoms with Crippen molar-refractivity contribution in [2.45, 2.75) is 19.8 Å². The van der Waals surface area contributed by atoms with Crippen LogP contribution in [0.4, 0.5) is 0 Å². The van der Waals surface area contributed by atoms with Crippen LogP contribution >= 0.6 is 12.4 Å². The Labute approximate surface area is 156 Å². The molecule has 1 N–H and O–H groups in total. The highest BCUT2D eigenvalue weighted by Gasteiger charge is 2.25. The molecule has 1 aliphatic rings. The average molecular weight is 373 g/mol. The summed E-state index contributed by atoms with van der Waals surface area (Å²) >= 11 is 0.